The van der Waals surface area contributed by atoms with Crippen LogP contribution < -0.4 is 15.0 Å². The van der Waals surface area contributed by atoms with Crippen molar-refractivity contribution in [2.75, 3.05) is 44.0 Å². The average molecular weight is 355 g/mol. The molecular formula is C19H25N5O2. The van der Waals surface area contributed by atoms with E-state index in [0.29, 0.717) is 12.6 Å². The Hall–Kier alpha value is -2.67. The van der Waals surface area contributed by atoms with E-state index in [1.165, 1.54) is 0 Å². The minimum Gasteiger partial charge on any atom is -0.497 e. The van der Waals surface area contributed by atoms with Gasteiger partial charge in [0.2, 0.25) is 5.91 Å². The lowest BCUT2D eigenvalue weighted by atomic mass is 10.1. The van der Waals surface area contributed by atoms with Gasteiger partial charge in [0.25, 0.3) is 0 Å². The highest BCUT2D eigenvalue weighted by atomic mass is 16.5. The van der Waals surface area contributed by atoms with E-state index >= 15 is 0 Å². The summed E-state index contributed by atoms with van der Waals surface area (Å²) in [6.45, 7) is 5.96. The molecule has 0 radical (unpaired) electrons. The molecule has 1 aromatic heterocycles. The van der Waals surface area contributed by atoms with Crippen molar-refractivity contribution >= 4 is 17.4 Å². The number of carbonyl (C=O) groups is 1. The highest BCUT2D eigenvalue weighted by molar-refractivity contribution is 5.92. The van der Waals surface area contributed by atoms with Crippen molar-refractivity contribution < 1.29 is 9.53 Å². The van der Waals surface area contributed by atoms with Crippen LogP contribution in [0.1, 0.15) is 11.5 Å². The van der Waals surface area contributed by atoms with Crippen LogP contribution in [0, 0.1) is 13.8 Å². The number of nitrogens with zero attached hydrogens (tertiary/aromatic N) is 4. The Bertz CT molecular complexity index is 752. The van der Waals surface area contributed by atoms with Crippen molar-refractivity contribution in [2.24, 2.45) is 0 Å². The lowest BCUT2D eigenvalue weighted by Crippen LogP contribution is -2.59. The summed E-state index contributed by atoms with van der Waals surface area (Å²) in [6, 6.07) is 9.67. The summed E-state index contributed by atoms with van der Waals surface area (Å²) in [5.74, 6) is 2.49. The number of anilines is 2. The minimum absolute atomic E-state index is 0.0233. The van der Waals surface area contributed by atoms with Crippen LogP contribution in [0.2, 0.25) is 0 Å². The van der Waals surface area contributed by atoms with Crippen molar-refractivity contribution in [1.82, 2.24) is 14.9 Å². The van der Waals surface area contributed by atoms with E-state index in [0.717, 1.165) is 41.9 Å². The quantitative estimate of drug-likeness (QED) is 0.853. The largest absolute Gasteiger partial charge is 0.497 e. The van der Waals surface area contributed by atoms with Crippen LogP contribution in [0.25, 0.3) is 0 Å². The molecule has 0 saturated carbocycles. The number of likely N-dealkylation sites (N-methyl/N-ethyl adjacent to an activating group) is 1. The molecule has 0 atom stereocenters. The summed E-state index contributed by atoms with van der Waals surface area (Å²) >= 11 is 0. The third-order valence-corrected chi connectivity index (χ3v) is 4.53. The molecule has 138 valence electrons. The number of ether oxygens (including phenoxy) is 1. The highest BCUT2D eigenvalue weighted by Crippen LogP contribution is 2.22. The first-order valence-electron chi connectivity index (χ1n) is 8.66. The molecule has 0 spiro atoms. The predicted octanol–water partition coefficient (Wildman–Crippen LogP) is 1.86. The van der Waals surface area contributed by atoms with E-state index in [2.05, 4.69) is 25.1 Å². The summed E-state index contributed by atoms with van der Waals surface area (Å²) in [5, 5.41) is 2.91. The zero-order chi connectivity index (χ0) is 18.7. The summed E-state index contributed by atoms with van der Waals surface area (Å²) < 4.78 is 5.12. The zero-order valence-electron chi connectivity index (χ0n) is 15.7. The van der Waals surface area contributed by atoms with Gasteiger partial charge < -0.3 is 15.0 Å². The van der Waals surface area contributed by atoms with Crippen LogP contribution in [-0.2, 0) is 4.79 Å². The Balaban J connectivity index is 1.48. The molecule has 2 aromatic rings. The number of benzene rings is 1. The number of amides is 1. The number of methoxy groups -OCH3 is 1. The molecule has 1 aliphatic heterocycles. The average Bonchev–Trinajstić information content (AvgIpc) is 2.53. The third-order valence-electron chi connectivity index (χ3n) is 4.53. The van der Waals surface area contributed by atoms with Gasteiger partial charge in [0, 0.05) is 36.6 Å². The van der Waals surface area contributed by atoms with Crippen LogP contribution in [-0.4, -0.2) is 60.6 Å². The molecule has 7 heteroatoms. The van der Waals surface area contributed by atoms with Crippen LogP contribution in [0.15, 0.2) is 30.3 Å². The number of hydrogen-bond donors (Lipinski definition) is 1. The summed E-state index contributed by atoms with van der Waals surface area (Å²) in [5.41, 5.74) is 1.74. The Morgan fingerprint density at radius 3 is 2.58 bits per heavy atom. The molecule has 1 N–H and O–H groups in total. The summed E-state index contributed by atoms with van der Waals surface area (Å²) in [7, 11) is 3.60. The fraction of sp³-hybridized carbons (Fsp3) is 0.421. The van der Waals surface area contributed by atoms with Gasteiger partial charge in [0.05, 0.1) is 13.7 Å². The minimum atomic E-state index is -0.0233. The fourth-order valence-electron chi connectivity index (χ4n) is 3.01. The molecule has 2 heterocycles. The molecule has 1 fully saturated rings. The Kier molecular flexibility index (Phi) is 5.37. The van der Waals surface area contributed by atoms with Crippen molar-refractivity contribution in [3.05, 3.63) is 41.9 Å². The van der Waals surface area contributed by atoms with Crippen molar-refractivity contribution in [1.29, 1.82) is 0 Å². The predicted molar refractivity (Wildman–Crippen MR) is 102 cm³/mol. The van der Waals surface area contributed by atoms with E-state index in [4.69, 9.17) is 4.74 Å². The van der Waals surface area contributed by atoms with Gasteiger partial charge in [0.15, 0.2) is 0 Å². The molecule has 26 heavy (non-hydrogen) atoms. The SMILES string of the molecule is COc1ccc(NC(=O)CN(C)C2CN(c3cc(C)nc(C)n3)C2)cc1. The number of hydrogen-bond acceptors (Lipinski definition) is 6. The van der Waals surface area contributed by atoms with Gasteiger partial charge in [0.1, 0.15) is 17.4 Å². The summed E-state index contributed by atoms with van der Waals surface area (Å²) in [4.78, 5) is 25.3. The number of aryl methyl sites for hydroxylation is 2. The number of carbonyl (C=O) groups excluding carboxylic acids is 1. The first kappa shape index (κ1) is 18.1. The molecule has 7 nitrogen and oxygen atoms in total. The Morgan fingerprint density at radius 2 is 1.96 bits per heavy atom. The van der Waals surface area contributed by atoms with Crippen molar-refractivity contribution in [3.8, 4) is 5.75 Å². The molecule has 0 bridgehead atoms. The lowest BCUT2D eigenvalue weighted by Gasteiger charge is -2.44. The number of rotatable bonds is 6. The first-order chi connectivity index (χ1) is 12.4. The molecule has 1 aliphatic rings. The van der Waals surface area contributed by atoms with E-state index < -0.39 is 0 Å². The Morgan fingerprint density at radius 1 is 1.27 bits per heavy atom. The molecule has 1 saturated heterocycles. The maximum atomic E-state index is 12.2. The van der Waals surface area contributed by atoms with E-state index in [1.54, 1.807) is 7.11 Å². The normalized spacial score (nSPS) is 14.3. The van der Waals surface area contributed by atoms with Gasteiger partial charge in [-0.15, -0.1) is 0 Å². The molecular weight excluding hydrogens is 330 g/mol. The second-order valence-corrected chi connectivity index (χ2v) is 6.67. The van der Waals surface area contributed by atoms with Gasteiger partial charge in [-0.3, -0.25) is 9.69 Å². The fourth-order valence-corrected chi connectivity index (χ4v) is 3.01. The van der Waals surface area contributed by atoms with Gasteiger partial charge in [-0.2, -0.15) is 0 Å². The second kappa shape index (κ2) is 7.70. The van der Waals surface area contributed by atoms with E-state index in [9.17, 15) is 4.79 Å². The standard InChI is InChI=1S/C19H25N5O2/c1-13-9-18(21-14(2)20-13)24-10-16(11-24)23(3)12-19(25)22-15-5-7-17(26-4)8-6-15/h5-9,16H,10-12H2,1-4H3,(H,22,25). The van der Waals surface area contributed by atoms with Crippen molar-refractivity contribution in [3.63, 3.8) is 0 Å². The van der Waals surface area contributed by atoms with E-state index in [1.807, 2.05) is 51.2 Å². The van der Waals surface area contributed by atoms with E-state index in [-0.39, 0.29) is 5.91 Å². The maximum absolute atomic E-state index is 12.2. The van der Waals surface area contributed by atoms with Crippen LogP contribution in [0.3, 0.4) is 0 Å². The van der Waals surface area contributed by atoms with Crippen LogP contribution in [0.4, 0.5) is 11.5 Å². The molecule has 3 rings (SSSR count). The summed E-state index contributed by atoms with van der Waals surface area (Å²) in [6.07, 6.45) is 0. The smallest absolute Gasteiger partial charge is 0.238 e. The topological polar surface area (TPSA) is 70.6 Å². The number of aromatic nitrogens is 2. The van der Waals surface area contributed by atoms with Crippen LogP contribution in [0.5, 0.6) is 5.75 Å². The number of nitrogens with one attached hydrogen (secondary N) is 1. The van der Waals surface area contributed by atoms with Gasteiger partial charge in [-0.05, 0) is 45.2 Å². The zero-order valence-corrected chi connectivity index (χ0v) is 15.7. The monoisotopic (exact) mass is 355 g/mol. The molecule has 1 amide bonds. The molecule has 0 unspecified atom stereocenters. The van der Waals surface area contributed by atoms with Gasteiger partial charge in [-0.25, -0.2) is 9.97 Å². The third kappa shape index (κ3) is 4.29. The lowest BCUT2D eigenvalue weighted by molar-refractivity contribution is -0.117. The first-order valence-corrected chi connectivity index (χ1v) is 8.66. The molecule has 0 aliphatic carbocycles. The molecule has 1 aromatic carbocycles. The second-order valence-electron chi connectivity index (χ2n) is 6.67. The maximum Gasteiger partial charge on any atom is 0.238 e. The van der Waals surface area contributed by atoms with Crippen molar-refractivity contribution in [2.45, 2.75) is 19.9 Å². The van der Waals surface area contributed by atoms with Gasteiger partial charge >= 0.3 is 0 Å². The highest BCUT2D eigenvalue weighted by Gasteiger charge is 2.31. The van der Waals surface area contributed by atoms with Crippen LogP contribution >= 0.6 is 0 Å². The Labute approximate surface area is 154 Å². The van der Waals surface area contributed by atoms with Gasteiger partial charge in [-0.1, -0.05) is 0 Å².